The van der Waals surface area contributed by atoms with Gasteiger partial charge in [0.15, 0.2) is 6.29 Å². The molecule has 0 N–H and O–H groups in total. The van der Waals surface area contributed by atoms with Crippen LogP contribution in [0.15, 0.2) is 0 Å². The molecule has 1 fully saturated rings. The zero-order valence-electron chi connectivity index (χ0n) is 11.0. The van der Waals surface area contributed by atoms with Crippen molar-refractivity contribution >= 4 is 11.6 Å². The van der Waals surface area contributed by atoms with Gasteiger partial charge in [0.1, 0.15) is 0 Å². The van der Waals surface area contributed by atoms with Crippen LogP contribution in [-0.4, -0.2) is 25.4 Å². The molecule has 1 atom stereocenters. The van der Waals surface area contributed by atoms with E-state index in [1.807, 2.05) is 0 Å². The fraction of sp³-hybridized carbons (Fsp3) is 1.00. The number of ether oxygens (including phenoxy) is 2. The van der Waals surface area contributed by atoms with E-state index in [4.69, 9.17) is 21.1 Å². The quantitative estimate of drug-likeness (QED) is 0.426. The highest BCUT2D eigenvalue weighted by Crippen LogP contribution is 2.14. The smallest absolute Gasteiger partial charge is 0.157 e. The molecular formula is C14H27ClO2. The number of hydrogen-bond acceptors (Lipinski definition) is 2. The molecule has 1 rings (SSSR count). The molecule has 1 aliphatic heterocycles. The minimum absolute atomic E-state index is 0.0903. The van der Waals surface area contributed by atoms with E-state index in [2.05, 4.69) is 0 Å². The third kappa shape index (κ3) is 8.87. The molecule has 1 aliphatic rings. The summed E-state index contributed by atoms with van der Waals surface area (Å²) in [6, 6.07) is 0. The van der Waals surface area contributed by atoms with Gasteiger partial charge in [0.05, 0.1) is 0 Å². The van der Waals surface area contributed by atoms with E-state index >= 15 is 0 Å². The van der Waals surface area contributed by atoms with Gasteiger partial charge < -0.3 is 9.47 Å². The van der Waals surface area contributed by atoms with Gasteiger partial charge in [-0.1, -0.05) is 32.1 Å². The Bertz CT molecular complexity index is 158. The van der Waals surface area contributed by atoms with Crippen molar-refractivity contribution in [3.8, 4) is 0 Å². The minimum atomic E-state index is 0.0903. The summed E-state index contributed by atoms with van der Waals surface area (Å²) in [5, 5.41) is 0. The SMILES string of the molecule is ClCCCCCCCCCOC1CCCCO1. The Kier molecular flexibility index (Phi) is 10.2. The standard InChI is InChI=1S/C14H27ClO2/c15-11-7-4-2-1-3-5-8-12-16-14-10-6-9-13-17-14/h14H,1-13H2. The van der Waals surface area contributed by atoms with E-state index in [-0.39, 0.29) is 6.29 Å². The molecule has 0 aliphatic carbocycles. The van der Waals surface area contributed by atoms with Crippen molar-refractivity contribution in [3.63, 3.8) is 0 Å². The molecule has 102 valence electrons. The zero-order chi connectivity index (χ0) is 12.2. The van der Waals surface area contributed by atoms with E-state index in [0.29, 0.717) is 0 Å². The Morgan fingerprint density at radius 1 is 0.941 bits per heavy atom. The van der Waals surface area contributed by atoms with Crippen LogP contribution in [-0.2, 0) is 9.47 Å². The summed E-state index contributed by atoms with van der Waals surface area (Å²) < 4.78 is 11.2. The van der Waals surface area contributed by atoms with Crippen LogP contribution in [0.4, 0.5) is 0 Å². The Hall–Kier alpha value is 0.210. The van der Waals surface area contributed by atoms with Gasteiger partial charge in [0.2, 0.25) is 0 Å². The lowest BCUT2D eigenvalue weighted by Gasteiger charge is -2.22. The summed E-state index contributed by atoms with van der Waals surface area (Å²) in [4.78, 5) is 0. The molecule has 0 radical (unpaired) electrons. The summed E-state index contributed by atoms with van der Waals surface area (Å²) in [5.74, 6) is 0.815. The average Bonchev–Trinajstić information content (AvgIpc) is 2.38. The Morgan fingerprint density at radius 2 is 1.65 bits per heavy atom. The molecule has 1 heterocycles. The normalized spacial score (nSPS) is 20.6. The summed E-state index contributed by atoms with van der Waals surface area (Å²) in [6.07, 6.45) is 12.6. The van der Waals surface area contributed by atoms with Gasteiger partial charge in [-0.3, -0.25) is 0 Å². The second kappa shape index (κ2) is 11.3. The van der Waals surface area contributed by atoms with Crippen molar-refractivity contribution in [1.82, 2.24) is 0 Å². The molecular weight excluding hydrogens is 236 g/mol. The highest BCUT2D eigenvalue weighted by Gasteiger charge is 2.13. The van der Waals surface area contributed by atoms with Gasteiger partial charge in [-0.2, -0.15) is 0 Å². The van der Waals surface area contributed by atoms with Gasteiger partial charge >= 0.3 is 0 Å². The number of halogens is 1. The van der Waals surface area contributed by atoms with E-state index < -0.39 is 0 Å². The molecule has 17 heavy (non-hydrogen) atoms. The average molecular weight is 263 g/mol. The molecule has 1 saturated heterocycles. The maximum Gasteiger partial charge on any atom is 0.157 e. The van der Waals surface area contributed by atoms with Gasteiger partial charge in [-0.15, -0.1) is 11.6 Å². The first-order valence-corrected chi connectivity index (χ1v) is 7.76. The van der Waals surface area contributed by atoms with Crippen molar-refractivity contribution in [2.24, 2.45) is 0 Å². The van der Waals surface area contributed by atoms with E-state index in [1.54, 1.807) is 0 Å². The molecule has 0 amide bonds. The van der Waals surface area contributed by atoms with E-state index in [9.17, 15) is 0 Å². The molecule has 0 bridgehead atoms. The molecule has 0 aromatic heterocycles. The number of rotatable bonds is 10. The number of hydrogen-bond donors (Lipinski definition) is 0. The third-order valence-electron chi connectivity index (χ3n) is 3.22. The van der Waals surface area contributed by atoms with Gasteiger partial charge in [0, 0.05) is 19.1 Å². The minimum Gasteiger partial charge on any atom is -0.353 e. The Morgan fingerprint density at radius 3 is 2.29 bits per heavy atom. The van der Waals surface area contributed by atoms with Crippen molar-refractivity contribution in [1.29, 1.82) is 0 Å². The lowest BCUT2D eigenvalue weighted by Crippen LogP contribution is -2.22. The number of unbranched alkanes of at least 4 members (excludes halogenated alkanes) is 6. The second-order valence-corrected chi connectivity index (χ2v) is 5.21. The summed E-state index contributed by atoms with van der Waals surface area (Å²) >= 11 is 5.63. The van der Waals surface area contributed by atoms with Gasteiger partial charge in [-0.25, -0.2) is 0 Å². The lowest BCUT2D eigenvalue weighted by molar-refractivity contribution is -0.162. The van der Waals surface area contributed by atoms with Crippen LogP contribution < -0.4 is 0 Å². The third-order valence-corrected chi connectivity index (χ3v) is 3.49. The van der Waals surface area contributed by atoms with E-state index in [0.717, 1.165) is 25.5 Å². The highest BCUT2D eigenvalue weighted by molar-refractivity contribution is 6.17. The Balaban J connectivity index is 1.75. The molecule has 0 saturated carbocycles. The van der Waals surface area contributed by atoms with Crippen LogP contribution in [0.1, 0.15) is 64.2 Å². The van der Waals surface area contributed by atoms with Gasteiger partial charge in [-0.05, 0) is 32.1 Å². The molecule has 1 unspecified atom stereocenters. The topological polar surface area (TPSA) is 18.5 Å². The van der Waals surface area contributed by atoms with E-state index in [1.165, 1.54) is 57.8 Å². The highest BCUT2D eigenvalue weighted by atomic mass is 35.5. The van der Waals surface area contributed by atoms with Crippen molar-refractivity contribution in [2.45, 2.75) is 70.5 Å². The lowest BCUT2D eigenvalue weighted by atomic mass is 10.1. The fourth-order valence-electron chi connectivity index (χ4n) is 2.14. The first kappa shape index (κ1) is 15.3. The maximum atomic E-state index is 5.69. The van der Waals surface area contributed by atoms with Crippen LogP contribution in [0.25, 0.3) is 0 Å². The maximum absolute atomic E-state index is 5.69. The summed E-state index contributed by atoms with van der Waals surface area (Å²) in [6.45, 7) is 1.75. The molecule has 0 spiro atoms. The van der Waals surface area contributed by atoms with Crippen LogP contribution in [0.3, 0.4) is 0 Å². The first-order chi connectivity index (χ1) is 8.43. The monoisotopic (exact) mass is 262 g/mol. The first-order valence-electron chi connectivity index (χ1n) is 7.22. The second-order valence-electron chi connectivity index (χ2n) is 4.83. The molecule has 2 nitrogen and oxygen atoms in total. The predicted molar refractivity (Wildman–Crippen MR) is 72.6 cm³/mol. The van der Waals surface area contributed by atoms with Crippen LogP contribution >= 0.6 is 11.6 Å². The van der Waals surface area contributed by atoms with Gasteiger partial charge in [0.25, 0.3) is 0 Å². The van der Waals surface area contributed by atoms with Crippen LogP contribution in [0.2, 0.25) is 0 Å². The fourth-order valence-corrected chi connectivity index (χ4v) is 2.33. The molecule has 3 heteroatoms. The Labute approximate surface area is 111 Å². The van der Waals surface area contributed by atoms with Crippen LogP contribution in [0.5, 0.6) is 0 Å². The zero-order valence-corrected chi connectivity index (χ0v) is 11.7. The van der Waals surface area contributed by atoms with Crippen molar-refractivity contribution in [3.05, 3.63) is 0 Å². The van der Waals surface area contributed by atoms with Crippen molar-refractivity contribution in [2.75, 3.05) is 19.1 Å². The molecule has 0 aromatic rings. The molecule has 0 aromatic carbocycles. The predicted octanol–water partition coefficient (Wildman–Crippen LogP) is 4.50. The van der Waals surface area contributed by atoms with Crippen LogP contribution in [0, 0.1) is 0 Å². The largest absolute Gasteiger partial charge is 0.353 e. The van der Waals surface area contributed by atoms with Crippen molar-refractivity contribution < 1.29 is 9.47 Å². The number of alkyl halides is 1. The summed E-state index contributed by atoms with van der Waals surface area (Å²) in [5.41, 5.74) is 0. The summed E-state index contributed by atoms with van der Waals surface area (Å²) in [7, 11) is 0.